The van der Waals surface area contributed by atoms with Crippen molar-refractivity contribution in [2.24, 2.45) is 5.92 Å². The second kappa shape index (κ2) is 5.79. The highest BCUT2D eigenvalue weighted by Crippen LogP contribution is 2.08. The van der Waals surface area contributed by atoms with E-state index in [1.165, 1.54) is 0 Å². The Morgan fingerprint density at radius 3 is 2.17 bits per heavy atom. The molecule has 0 amide bonds. The van der Waals surface area contributed by atoms with Gasteiger partial charge in [-0.25, -0.2) is 0 Å². The van der Waals surface area contributed by atoms with E-state index >= 15 is 0 Å². The molecule has 12 heavy (non-hydrogen) atoms. The van der Waals surface area contributed by atoms with Gasteiger partial charge >= 0.3 is 0 Å². The van der Waals surface area contributed by atoms with Crippen LogP contribution in [-0.2, 0) is 0 Å². The number of halogens is 1. The fourth-order valence-corrected chi connectivity index (χ4v) is 1.15. The quantitative estimate of drug-likeness (QED) is 0.670. The second-order valence-corrected chi connectivity index (χ2v) is 4.04. The number of hydrogen-bond acceptors (Lipinski definition) is 2. The van der Waals surface area contributed by atoms with E-state index in [1.807, 2.05) is 7.05 Å². The van der Waals surface area contributed by atoms with Crippen molar-refractivity contribution in [2.75, 3.05) is 19.5 Å². The van der Waals surface area contributed by atoms with Crippen LogP contribution < -0.4 is 0 Å². The van der Waals surface area contributed by atoms with E-state index in [9.17, 15) is 5.11 Å². The molecule has 2 unspecified atom stereocenters. The van der Waals surface area contributed by atoms with Gasteiger partial charge in [0.15, 0.2) is 0 Å². The topological polar surface area (TPSA) is 23.5 Å². The van der Waals surface area contributed by atoms with Gasteiger partial charge in [-0.15, -0.1) is 11.6 Å². The van der Waals surface area contributed by atoms with Crippen LogP contribution >= 0.6 is 11.6 Å². The smallest absolute Gasteiger partial charge is 0.0802 e. The largest absolute Gasteiger partial charge is 0.391 e. The van der Waals surface area contributed by atoms with E-state index in [-0.39, 0.29) is 0 Å². The van der Waals surface area contributed by atoms with Crippen molar-refractivity contribution < 1.29 is 5.11 Å². The fraction of sp³-hybridized carbons (Fsp3) is 1.00. The highest BCUT2D eigenvalue weighted by Gasteiger charge is 2.15. The van der Waals surface area contributed by atoms with Crippen molar-refractivity contribution in [1.82, 2.24) is 4.90 Å². The van der Waals surface area contributed by atoms with Crippen LogP contribution in [0.25, 0.3) is 0 Å². The van der Waals surface area contributed by atoms with Crippen LogP contribution in [0.5, 0.6) is 0 Å². The molecule has 0 heterocycles. The summed E-state index contributed by atoms with van der Waals surface area (Å²) >= 11 is 5.50. The van der Waals surface area contributed by atoms with Gasteiger partial charge in [-0.05, 0) is 19.9 Å². The van der Waals surface area contributed by atoms with Crippen molar-refractivity contribution in [3.05, 3.63) is 0 Å². The lowest BCUT2D eigenvalue weighted by Crippen LogP contribution is -2.39. The van der Waals surface area contributed by atoms with Crippen LogP contribution in [0.1, 0.15) is 20.8 Å². The Bertz CT molecular complexity index is 119. The molecule has 2 nitrogen and oxygen atoms in total. The van der Waals surface area contributed by atoms with E-state index in [1.54, 1.807) is 0 Å². The van der Waals surface area contributed by atoms with Gasteiger partial charge in [0.25, 0.3) is 0 Å². The highest BCUT2D eigenvalue weighted by molar-refractivity contribution is 6.18. The number of aliphatic hydroxyl groups is 1. The van der Waals surface area contributed by atoms with Gasteiger partial charge in [0.1, 0.15) is 0 Å². The molecule has 0 rings (SSSR count). The van der Waals surface area contributed by atoms with Crippen LogP contribution in [0.4, 0.5) is 0 Å². The molecule has 0 fully saturated rings. The summed E-state index contributed by atoms with van der Waals surface area (Å²) in [6, 6.07) is 0.489. The standard InChI is InChI=1S/C9H20ClNO/c1-7(2)8(3)11(4)6-9(12)5-10/h7-9,12H,5-6H2,1-4H3. The first-order chi connectivity index (χ1) is 5.49. The molecule has 0 radical (unpaired) electrons. The molecule has 0 saturated heterocycles. The van der Waals surface area contributed by atoms with Gasteiger partial charge in [-0.1, -0.05) is 13.8 Å². The summed E-state index contributed by atoms with van der Waals surface area (Å²) in [6.07, 6.45) is -0.405. The zero-order valence-corrected chi connectivity index (χ0v) is 9.17. The average Bonchev–Trinajstić information content (AvgIpc) is 2.02. The van der Waals surface area contributed by atoms with Crippen molar-refractivity contribution in [3.63, 3.8) is 0 Å². The second-order valence-electron chi connectivity index (χ2n) is 3.73. The molecule has 74 valence electrons. The van der Waals surface area contributed by atoms with Crippen LogP contribution in [0.3, 0.4) is 0 Å². The Labute approximate surface area is 80.5 Å². The van der Waals surface area contributed by atoms with E-state index in [2.05, 4.69) is 25.7 Å². The van der Waals surface area contributed by atoms with E-state index < -0.39 is 6.10 Å². The Hall–Kier alpha value is 0.210. The Morgan fingerprint density at radius 1 is 1.33 bits per heavy atom. The van der Waals surface area contributed by atoms with Gasteiger partial charge < -0.3 is 10.0 Å². The molecule has 0 aliphatic carbocycles. The zero-order chi connectivity index (χ0) is 9.72. The molecular formula is C9H20ClNO. The molecule has 0 bridgehead atoms. The summed E-state index contributed by atoms with van der Waals surface area (Å²) < 4.78 is 0. The summed E-state index contributed by atoms with van der Waals surface area (Å²) in [6.45, 7) is 7.16. The lowest BCUT2D eigenvalue weighted by molar-refractivity contribution is 0.109. The number of rotatable bonds is 5. The SMILES string of the molecule is CC(C)C(C)N(C)CC(O)CCl. The maximum Gasteiger partial charge on any atom is 0.0802 e. The van der Waals surface area contributed by atoms with Crippen LogP contribution in [0.15, 0.2) is 0 Å². The summed E-state index contributed by atoms with van der Waals surface area (Å²) in [5, 5.41) is 9.29. The molecule has 0 aromatic heterocycles. The summed E-state index contributed by atoms with van der Waals surface area (Å²) in [5.41, 5.74) is 0. The Balaban J connectivity index is 3.78. The summed E-state index contributed by atoms with van der Waals surface area (Å²) in [7, 11) is 2.01. The minimum absolute atomic E-state index is 0.315. The number of aliphatic hydroxyl groups excluding tert-OH is 1. The van der Waals surface area contributed by atoms with Gasteiger partial charge in [0.2, 0.25) is 0 Å². The van der Waals surface area contributed by atoms with Crippen molar-refractivity contribution in [3.8, 4) is 0 Å². The molecule has 0 saturated carbocycles. The van der Waals surface area contributed by atoms with E-state index in [4.69, 9.17) is 11.6 Å². The maximum atomic E-state index is 9.29. The van der Waals surface area contributed by atoms with E-state index in [0.29, 0.717) is 24.4 Å². The summed E-state index contributed by atoms with van der Waals surface area (Å²) in [4.78, 5) is 2.14. The summed E-state index contributed by atoms with van der Waals surface area (Å²) in [5.74, 6) is 0.923. The third-order valence-corrected chi connectivity index (χ3v) is 2.69. The molecule has 0 aromatic carbocycles. The molecular weight excluding hydrogens is 174 g/mol. The fourth-order valence-electron chi connectivity index (χ4n) is 1.06. The van der Waals surface area contributed by atoms with Crippen molar-refractivity contribution >= 4 is 11.6 Å². The predicted molar refractivity (Wildman–Crippen MR) is 53.7 cm³/mol. The number of alkyl halides is 1. The molecule has 1 N–H and O–H groups in total. The maximum absolute atomic E-state index is 9.29. The Kier molecular flexibility index (Phi) is 5.89. The lowest BCUT2D eigenvalue weighted by Gasteiger charge is -2.29. The number of hydrogen-bond donors (Lipinski definition) is 1. The third kappa shape index (κ3) is 4.29. The first-order valence-electron chi connectivity index (χ1n) is 4.43. The minimum atomic E-state index is -0.405. The van der Waals surface area contributed by atoms with Gasteiger partial charge in [-0.2, -0.15) is 0 Å². The van der Waals surface area contributed by atoms with Gasteiger partial charge in [0, 0.05) is 18.5 Å². The zero-order valence-electron chi connectivity index (χ0n) is 8.42. The van der Waals surface area contributed by atoms with E-state index in [0.717, 1.165) is 0 Å². The Morgan fingerprint density at radius 2 is 1.83 bits per heavy atom. The first kappa shape index (κ1) is 12.2. The van der Waals surface area contributed by atoms with Crippen LogP contribution in [-0.4, -0.2) is 41.6 Å². The van der Waals surface area contributed by atoms with Gasteiger partial charge in [-0.3, -0.25) is 0 Å². The minimum Gasteiger partial charge on any atom is -0.391 e. The molecule has 0 aliphatic heterocycles. The third-order valence-electron chi connectivity index (χ3n) is 2.34. The van der Waals surface area contributed by atoms with Crippen molar-refractivity contribution in [1.29, 1.82) is 0 Å². The molecule has 0 aliphatic rings. The lowest BCUT2D eigenvalue weighted by atomic mass is 10.1. The number of likely N-dealkylation sites (N-methyl/N-ethyl adjacent to an activating group) is 1. The highest BCUT2D eigenvalue weighted by atomic mass is 35.5. The normalized spacial score (nSPS) is 17.0. The molecule has 0 aromatic rings. The average molecular weight is 194 g/mol. The molecule has 2 atom stereocenters. The van der Waals surface area contributed by atoms with Gasteiger partial charge in [0.05, 0.1) is 6.10 Å². The predicted octanol–water partition coefficient (Wildman–Crippen LogP) is 1.56. The number of nitrogens with zero attached hydrogens (tertiary/aromatic N) is 1. The molecule has 0 spiro atoms. The monoisotopic (exact) mass is 193 g/mol. The van der Waals surface area contributed by atoms with Crippen LogP contribution in [0.2, 0.25) is 0 Å². The molecule has 3 heteroatoms. The van der Waals surface area contributed by atoms with Crippen molar-refractivity contribution in [2.45, 2.75) is 32.9 Å². The first-order valence-corrected chi connectivity index (χ1v) is 4.96. The van der Waals surface area contributed by atoms with Crippen LogP contribution in [0, 0.1) is 5.92 Å².